The van der Waals surface area contributed by atoms with Crippen LogP contribution in [0, 0.1) is 5.92 Å². The van der Waals surface area contributed by atoms with Crippen LogP contribution in [-0.2, 0) is 4.74 Å². The predicted molar refractivity (Wildman–Crippen MR) is 91.9 cm³/mol. The molecule has 0 radical (unpaired) electrons. The highest BCUT2D eigenvalue weighted by molar-refractivity contribution is 5.68. The molecular formula is C18H30N2O4. The number of carbonyl (C=O) groups is 1. The van der Waals surface area contributed by atoms with Crippen LogP contribution in [-0.4, -0.2) is 45.7 Å². The molecule has 0 aromatic rings. The van der Waals surface area contributed by atoms with Gasteiger partial charge in [0.15, 0.2) is 0 Å². The van der Waals surface area contributed by atoms with Crippen LogP contribution < -0.4 is 5.32 Å². The van der Waals surface area contributed by atoms with Gasteiger partial charge in [0.1, 0.15) is 11.4 Å². The van der Waals surface area contributed by atoms with Crippen LogP contribution >= 0.6 is 0 Å². The van der Waals surface area contributed by atoms with Crippen molar-refractivity contribution in [2.24, 2.45) is 5.92 Å². The van der Waals surface area contributed by atoms with E-state index in [4.69, 9.17) is 4.74 Å². The van der Waals surface area contributed by atoms with E-state index in [2.05, 4.69) is 5.32 Å². The Kier molecular flexibility index (Phi) is 5.60. The minimum atomic E-state index is -0.554. The van der Waals surface area contributed by atoms with Crippen LogP contribution in [0.2, 0.25) is 0 Å². The summed E-state index contributed by atoms with van der Waals surface area (Å²) in [5.41, 5.74) is 1.35. The van der Waals surface area contributed by atoms with Gasteiger partial charge >= 0.3 is 6.09 Å². The van der Waals surface area contributed by atoms with E-state index in [0.29, 0.717) is 13.0 Å². The Balaban J connectivity index is 2.09. The predicted octanol–water partition coefficient (Wildman–Crippen LogP) is 3.53. The highest BCUT2D eigenvalue weighted by Crippen LogP contribution is 2.36. The Morgan fingerprint density at radius 2 is 2.12 bits per heavy atom. The number of nitrogens with one attached hydrogen (secondary N) is 1. The highest BCUT2D eigenvalue weighted by atomic mass is 16.6. The van der Waals surface area contributed by atoms with Crippen LogP contribution in [0.1, 0.15) is 53.9 Å². The monoisotopic (exact) mass is 338 g/mol. The number of amides is 1. The highest BCUT2D eigenvalue weighted by Gasteiger charge is 2.37. The van der Waals surface area contributed by atoms with Gasteiger partial charge in [0.2, 0.25) is 0 Å². The number of nitrogens with zero attached hydrogens (tertiary/aromatic N) is 1. The van der Waals surface area contributed by atoms with Gasteiger partial charge in [-0.15, -0.1) is 0 Å². The molecular weight excluding hydrogens is 308 g/mol. The van der Waals surface area contributed by atoms with Gasteiger partial charge in [0.05, 0.1) is 6.04 Å². The molecule has 0 saturated heterocycles. The van der Waals surface area contributed by atoms with Crippen molar-refractivity contribution in [2.45, 2.75) is 71.6 Å². The third-order valence-electron chi connectivity index (χ3n) is 4.47. The number of ether oxygens (including phenoxy) is 1. The summed E-state index contributed by atoms with van der Waals surface area (Å²) < 4.78 is 5.34. The molecule has 3 N–H and O–H groups in total. The number of alkyl carbamates (subject to hydrolysis) is 1. The quantitative estimate of drug-likeness (QED) is 0.730. The maximum Gasteiger partial charge on any atom is 0.407 e. The molecule has 6 nitrogen and oxygen atoms in total. The zero-order valence-electron chi connectivity index (χ0n) is 15.3. The average Bonchev–Trinajstić information content (AvgIpc) is 2.73. The summed E-state index contributed by atoms with van der Waals surface area (Å²) in [6.07, 6.45) is 3.52. The summed E-state index contributed by atoms with van der Waals surface area (Å²) in [6, 6.07) is -0.472. The molecule has 2 aliphatic rings. The molecule has 1 aliphatic heterocycles. The van der Waals surface area contributed by atoms with Crippen LogP contribution in [0.5, 0.6) is 0 Å². The average molecular weight is 338 g/mol. The van der Waals surface area contributed by atoms with Gasteiger partial charge in [-0.2, -0.15) is 5.06 Å². The molecule has 2 atom stereocenters. The second-order valence-corrected chi connectivity index (χ2v) is 7.99. The lowest BCUT2D eigenvalue weighted by Gasteiger charge is -2.30. The number of rotatable bonds is 4. The lowest BCUT2D eigenvalue weighted by atomic mass is 9.89. The van der Waals surface area contributed by atoms with E-state index >= 15 is 0 Å². The van der Waals surface area contributed by atoms with Crippen molar-refractivity contribution < 1.29 is 19.8 Å². The van der Waals surface area contributed by atoms with E-state index in [9.17, 15) is 15.1 Å². The van der Waals surface area contributed by atoms with Crippen molar-refractivity contribution >= 4 is 6.09 Å². The van der Waals surface area contributed by atoms with Gasteiger partial charge in [-0.05, 0) is 57.6 Å². The Labute approximate surface area is 144 Å². The van der Waals surface area contributed by atoms with Gasteiger partial charge < -0.3 is 20.4 Å². The van der Waals surface area contributed by atoms with E-state index in [-0.39, 0.29) is 23.8 Å². The Morgan fingerprint density at radius 1 is 1.46 bits per heavy atom. The minimum Gasteiger partial charge on any atom is -0.508 e. The molecule has 1 aliphatic carbocycles. The fourth-order valence-corrected chi connectivity index (χ4v) is 3.27. The maximum absolute atomic E-state index is 12.1. The molecule has 0 saturated carbocycles. The third kappa shape index (κ3) is 4.51. The zero-order valence-corrected chi connectivity index (χ0v) is 15.3. The first-order chi connectivity index (χ1) is 11.1. The van der Waals surface area contributed by atoms with Gasteiger partial charge in [0.25, 0.3) is 0 Å². The molecule has 0 bridgehead atoms. The summed E-state index contributed by atoms with van der Waals surface area (Å²) in [6.45, 7) is 9.96. The molecule has 0 aromatic carbocycles. The van der Waals surface area contributed by atoms with E-state index < -0.39 is 11.7 Å². The number of allylic oxidation sites excluding steroid dienone is 1. The van der Waals surface area contributed by atoms with Crippen molar-refractivity contribution in [1.29, 1.82) is 0 Å². The van der Waals surface area contributed by atoms with Crippen molar-refractivity contribution in [3.05, 3.63) is 23.0 Å². The topological polar surface area (TPSA) is 82.0 Å². The second-order valence-electron chi connectivity index (χ2n) is 7.99. The SMILES string of the molecule is CC(C)[C@@H](C[C@@H]1C2=C(CCC=C2O)CN1O)NC(=O)OC(C)(C)C. The minimum absolute atomic E-state index is 0.166. The fourth-order valence-electron chi connectivity index (χ4n) is 3.27. The van der Waals surface area contributed by atoms with Gasteiger partial charge in [-0.1, -0.05) is 13.8 Å². The van der Waals surface area contributed by atoms with Gasteiger partial charge in [0, 0.05) is 18.2 Å². The van der Waals surface area contributed by atoms with E-state index in [1.54, 1.807) is 6.08 Å². The number of aliphatic hydroxyl groups excluding tert-OH is 1. The largest absolute Gasteiger partial charge is 0.508 e. The second kappa shape index (κ2) is 7.15. The van der Waals surface area contributed by atoms with Crippen molar-refractivity contribution in [3.63, 3.8) is 0 Å². The summed E-state index contributed by atoms with van der Waals surface area (Å²) in [5, 5.41) is 24.7. The lowest BCUT2D eigenvalue weighted by molar-refractivity contribution is -0.103. The molecule has 1 amide bonds. The van der Waals surface area contributed by atoms with Gasteiger partial charge in [-0.3, -0.25) is 0 Å². The number of carbonyl (C=O) groups excluding carboxylic acids is 1. The van der Waals surface area contributed by atoms with E-state index in [0.717, 1.165) is 24.0 Å². The summed E-state index contributed by atoms with van der Waals surface area (Å²) in [7, 11) is 0. The Hall–Kier alpha value is -1.53. The third-order valence-corrected chi connectivity index (χ3v) is 4.47. The van der Waals surface area contributed by atoms with Crippen molar-refractivity contribution in [1.82, 2.24) is 10.4 Å². The number of hydroxylamine groups is 2. The Bertz CT molecular complexity index is 546. The van der Waals surface area contributed by atoms with Gasteiger partial charge in [-0.25, -0.2) is 4.79 Å². The first-order valence-corrected chi connectivity index (χ1v) is 8.65. The molecule has 0 aromatic heterocycles. The lowest BCUT2D eigenvalue weighted by Crippen LogP contribution is -2.45. The standard InChI is InChI=1S/C18H30N2O4/c1-11(2)13(19-17(22)24-18(3,4)5)9-14-16-12(10-20(14)23)7-6-8-15(16)21/h8,11,13-14,21,23H,6-7,9-10H2,1-5H3,(H,19,22)/t13-,14-/m1/s1. The molecule has 1 heterocycles. The summed E-state index contributed by atoms with van der Waals surface area (Å²) in [5.74, 6) is 0.433. The van der Waals surface area contributed by atoms with Crippen LogP contribution in [0.3, 0.4) is 0 Å². The summed E-state index contributed by atoms with van der Waals surface area (Å²) >= 11 is 0. The van der Waals surface area contributed by atoms with Crippen LogP contribution in [0.4, 0.5) is 4.79 Å². The zero-order chi connectivity index (χ0) is 18.1. The normalized spacial score (nSPS) is 23.1. The van der Waals surface area contributed by atoms with E-state index in [1.807, 2.05) is 34.6 Å². The first kappa shape index (κ1) is 18.8. The summed E-state index contributed by atoms with van der Waals surface area (Å²) in [4.78, 5) is 12.1. The molecule has 136 valence electrons. The van der Waals surface area contributed by atoms with Crippen LogP contribution in [0.15, 0.2) is 23.0 Å². The number of hydrogen-bond acceptors (Lipinski definition) is 5. The maximum atomic E-state index is 12.1. The first-order valence-electron chi connectivity index (χ1n) is 8.65. The fraction of sp³-hybridized carbons (Fsp3) is 0.722. The van der Waals surface area contributed by atoms with Crippen molar-refractivity contribution in [2.75, 3.05) is 6.54 Å². The molecule has 2 rings (SSSR count). The molecule has 6 heteroatoms. The molecule has 0 spiro atoms. The molecule has 0 fully saturated rings. The smallest absolute Gasteiger partial charge is 0.407 e. The number of aliphatic hydroxyl groups is 1. The Morgan fingerprint density at radius 3 is 2.71 bits per heavy atom. The van der Waals surface area contributed by atoms with Crippen molar-refractivity contribution in [3.8, 4) is 0 Å². The number of hydrogen-bond donors (Lipinski definition) is 3. The van der Waals surface area contributed by atoms with Crippen LogP contribution in [0.25, 0.3) is 0 Å². The molecule has 0 unspecified atom stereocenters. The van der Waals surface area contributed by atoms with E-state index in [1.165, 1.54) is 5.06 Å². The molecule has 24 heavy (non-hydrogen) atoms.